The minimum atomic E-state index is -0.131. The third-order valence-corrected chi connectivity index (χ3v) is 2.81. The van der Waals surface area contributed by atoms with Crippen molar-refractivity contribution in [2.45, 2.75) is 13.5 Å². The second kappa shape index (κ2) is 7.53. The van der Waals surface area contributed by atoms with Gasteiger partial charge in [0.2, 0.25) is 11.8 Å². The van der Waals surface area contributed by atoms with E-state index in [2.05, 4.69) is 10.6 Å². The number of carbonyl (C=O) groups is 2. The van der Waals surface area contributed by atoms with Gasteiger partial charge in [-0.15, -0.1) is 0 Å². The summed E-state index contributed by atoms with van der Waals surface area (Å²) in [5.41, 5.74) is 2.29. The van der Waals surface area contributed by atoms with E-state index >= 15 is 0 Å². The molecule has 0 saturated carbocycles. The minimum absolute atomic E-state index is 0.0375. The molecular weight excluding hydrogens is 242 g/mol. The monoisotopic (exact) mass is 263 g/mol. The molecule has 1 aromatic rings. The Morgan fingerprint density at radius 1 is 1.16 bits per heavy atom. The molecular formula is C14H21N3O2. The average molecular weight is 263 g/mol. The number of likely N-dealkylation sites (N-methyl/N-ethyl adjacent to an activating group) is 2. The van der Waals surface area contributed by atoms with Crippen LogP contribution in [-0.4, -0.2) is 43.9 Å². The van der Waals surface area contributed by atoms with Crippen LogP contribution in [-0.2, 0) is 16.1 Å². The van der Waals surface area contributed by atoms with Gasteiger partial charge in [-0.25, -0.2) is 0 Å². The lowest BCUT2D eigenvalue weighted by Crippen LogP contribution is -2.39. The molecule has 0 atom stereocenters. The molecule has 5 nitrogen and oxygen atoms in total. The molecule has 0 saturated heterocycles. The van der Waals surface area contributed by atoms with Gasteiger partial charge in [-0.3, -0.25) is 14.9 Å². The zero-order valence-electron chi connectivity index (χ0n) is 11.7. The Kier molecular flexibility index (Phi) is 6.02. The summed E-state index contributed by atoms with van der Waals surface area (Å²) in [6, 6.07) is 8.07. The van der Waals surface area contributed by atoms with Gasteiger partial charge in [-0.1, -0.05) is 29.8 Å². The topological polar surface area (TPSA) is 61.4 Å². The van der Waals surface area contributed by atoms with E-state index in [1.54, 1.807) is 19.0 Å². The first-order valence-electron chi connectivity index (χ1n) is 6.23. The van der Waals surface area contributed by atoms with Gasteiger partial charge in [0.05, 0.1) is 13.1 Å². The number of hydrogen-bond acceptors (Lipinski definition) is 3. The van der Waals surface area contributed by atoms with E-state index < -0.39 is 0 Å². The summed E-state index contributed by atoms with van der Waals surface area (Å²) < 4.78 is 0. The Morgan fingerprint density at radius 3 is 2.37 bits per heavy atom. The van der Waals surface area contributed by atoms with Gasteiger partial charge in [-0.2, -0.15) is 0 Å². The van der Waals surface area contributed by atoms with E-state index in [0.717, 1.165) is 5.56 Å². The van der Waals surface area contributed by atoms with Crippen LogP contribution in [0, 0.1) is 6.92 Å². The van der Waals surface area contributed by atoms with Crippen LogP contribution in [0.2, 0.25) is 0 Å². The van der Waals surface area contributed by atoms with Crippen molar-refractivity contribution in [3.63, 3.8) is 0 Å². The van der Waals surface area contributed by atoms with Crippen molar-refractivity contribution in [3.05, 3.63) is 35.4 Å². The highest BCUT2D eigenvalue weighted by Gasteiger charge is 2.09. The van der Waals surface area contributed by atoms with E-state index in [9.17, 15) is 9.59 Å². The van der Waals surface area contributed by atoms with Crippen molar-refractivity contribution >= 4 is 11.8 Å². The zero-order chi connectivity index (χ0) is 14.3. The molecule has 1 rings (SSSR count). The van der Waals surface area contributed by atoms with Crippen molar-refractivity contribution in [2.24, 2.45) is 0 Å². The highest BCUT2D eigenvalue weighted by atomic mass is 16.2. The van der Waals surface area contributed by atoms with E-state index in [-0.39, 0.29) is 24.9 Å². The fourth-order valence-corrected chi connectivity index (χ4v) is 1.56. The van der Waals surface area contributed by atoms with Crippen molar-refractivity contribution in [2.75, 3.05) is 27.2 Å². The van der Waals surface area contributed by atoms with Crippen LogP contribution in [0.5, 0.6) is 0 Å². The second-order valence-electron chi connectivity index (χ2n) is 4.51. The lowest BCUT2D eigenvalue weighted by Gasteiger charge is -2.17. The van der Waals surface area contributed by atoms with Crippen LogP contribution < -0.4 is 10.6 Å². The van der Waals surface area contributed by atoms with E-state index in [1.165, 1.54) is 5.56 Å². The van der Waals surface area contributed by atoms with Crippen molar-refractivity contribution in [3.8, 4) is 0 Å². The van der Waals surface area contributed by atoms with Crippen LogP contribution in [0.25, 0.3) is 0 Å². The second-order valence-corrected chi connectivity index (χ2v) is 4.51. The quantitative estimate of drug-likeness (QED) is 0.775. The number of rotatable bonds is 6. The maximum atomic E-state index is 11.8. The summed E-state index contributed by atoms with van der Waals surface area (Å²) in [4.78, 5) is 24.4. The Morgan fingerprint density at radius 2 is 1.79 bits per heavy atom. The molecule has 0 aromatic heterocycles. The maximum absolute atomic E-state index is 11.8. The van der Waals surface area contributed by atoms with Gasteiger partial charge in [0.25, 0.3) is 0 Å². The Balaban J connectivity index is 2.36. The zero-order valence-corrected chi connectivity index (χ0v) is 11.7. The first-order chi connectivity index (χ1) is 9.02. The van der Waals surface area contributed by atoms with Crippen molar-refractivity contribution < 1.29 is 9.59 Å². The van der Waals surface area contributed by atoms with Gasteiger partial charge >= 0.3 is 0 Å². The van der Waals surface area contributed by atoms with E-state index in [0.29, 0.717) is 6.54 Å². The maximum Gasteiger partial charge on any atom is 0.236 e. The van der Waals surface area contributed by atoms with Gasteiger partial charge in [-0.05, 0) is 12.5 Å². The number of nitrogens with zero attached hydrogens (tertiary/aromatic N) is 1. The first-order valence-corrected chi connectivity index (χ1v) is 6.23. The summed E-state index contributed by atoms with van der Waals surface area (Å²) in [7, 11) is 3.32. The molecule has 1 aromatic carbocycles. The summed E-state index contributed by atoms with van der Waals surface area (Å²) in [6.07, 6.45) is 0. The predicted molar refractivity (Wildman–Crippen MR) is 74.6 cm³/mol. The molecule has 0 aliphatic heterocycles. The number of benzene rings is 1. The number of aryl methyl sites for hydroxylation is 1. The largest absolute Gasteiger partial charge is 0.358 e. The van der Waals surface area contributed by atoms with Gasteiger partial charge in [0, 0.05) is 20.6 Å². The molecule has 0 heterocycles. The van der Waals surface area contributed by atoms with Crippen LogP contribution in [0.1, 0.15) is 11.1 Å². The Hall–Kier alpha value is -1.88. The third-order valence-electron chi connectivity index (χ3n) is 2.81. The fourth-order valence-electron chi connectivity index (χ4n) is 1.56. The van der Waals surface area contributed by atoms with Gasteiger partial charge in [0.15, 0.2) is 0 Å². The standard InChI is InChI=1S/C14H21N3O2/c1-11-4-6-12(7-5-11)10-17(3)14(19)9-16-8-13(18)15-2/h4-7,16H,8-10H2,1-3H3,(H,15,18). The molecule has 2 amide bonds. The number of carbonyl (C=O) groups excluding carboxylic acids is 2. The number of hydrogen-bond donors (Lipinski definition) is 2. The predicted octanol–water partition coefficient (Wildman–Crippen LogP) is 0.289. The lowest BCUT2D eigenvalue weighted by atomic mass is 10.1. The first kappa shape index (κ1) is 15.2. The number of nitrogens with one attached hydrogen (secondary N) is 2. The molecule has 0 aliphatic carbocycles. The van der Waals surface area contributed by atoms with Crippen LogP contribution >= 0.6 is 0 Å². The van der Waals surface area contributed by atoms with Crippen molar-refractivity contribution in [1.82, 2.24) is 15.5 Å². The smallest absolute Gasteiger partial charge is 0.236 e. The summed E-state index contributed by atoms with van der Waals surface area (Å²) in [5.74, 6) is -0.168. The molecule has 5 heteroatoms. The average Bonchev–Trinajstić information content (AvgIpc) is 2.40. The summed E-state index contributed by atoms with van der Waals surface area (Å²) >= 11 is 0. The Bertz CT molecular complexity index is 429. The molecule has 0 bridgehead atoms. The molecule has 104 valence electrons. The Labute approximate surface area is 114 Å². The molecule has 19 heavy (non-hydrogen) atoms. The van der Waals surface area contributed by atoms with E-state index in [1.807, 2.05) is 31.2 Å². The molecule has 0 spiro atoms. The molecule has 2 N–H and O–H groups in total. The fraction of sp³-hybridized carbons (Fsp3) is 0.429. The molecule has 0 aliphatic rings. The SMILES string of the molecule is CNC(=O)CNCC(=O)N(C)Cc1ccc(C)cc1. The molecule has 0 unspecified atom stereocenters. The molecule has 0 fully saturated rings. The highest BCUT2D eigenvalue weighted by Crippen LogP contribution is 2.05. The van der Waals surface area contributed by atoms with Gasteiger partial charge in [0.1, 0.15) is 0 Å². The van der Waals surface area contributed by atoms with Crippen LogP contribution in [0.15, 0.2) is 24.3 Å². The summed E-state index contributed by atoms with van der Waals surface area (Å²) in [6.45, 7) is 2.92. The molecule has 0 radical (unpaired) electrons. The lowest BCUT2D eigenvalue weighted by molar-refractivity contribution is -0.129. The van der Waals surface area contributed by atoms with Gasteiger partial charge < -0.3 is 10.2 Å². The third kappa shape index (κ3) is 5.52. The normalized spacial score (nSPS) is 10.1. The highest BCUT2D eigenvalue weighted by molar-refractivity contribution is 5.80. The summed E-state index contributed by atoms with van der Waals surface area (Å²) in [5, 5.41) is 5.30. The van der Waals surface area contributed by atoms with Crippen LogP contribution in [0.3, 0.4) is 0 Å². The number of amides is 2. The minimum Gasteiger partial charge on any atom is -0.358 e. The van der Waals surface area contributed by atoms with E-state index in [4.69, 9.17) is 0 Å². The van der Waals surface area contributed by atoms with Crippen molar-refractivity contribution in [1.29, 1.82) is 0 Å². The van der Waals surface area contributed by atoms with Crippen LogP contribution in [0.4, 0.5) is 0 Å².